The van der Waals surface area contributed by atoms with Crippen LogP contribution in [0.5, 0.6) is 0 Å². The Morgan fingerprint density at radius 3 is 2.15 bits per heavy atom. The third-order valence-corrected chi connectivity index (χ3v) is 5.40. The molecular weight excluding hydrogens is 385 g/mol. The Morgan fingerprint density at radius 1 is 1.07 bits per heavy atom. The van der Waals surface area contributed by atoms with Crippen LogP contribution in [0.15, 0.2) is 48.5 Å². The van der Waals surface area contributed by atoms with Crippen LogP contribution in [-0.4, -0.2) is 35.2 Å². The van der Waals surface area contributed by atoms with Crippen molar-refractivity contribution >= 4 is 29.1 Å². The molecule has 1 aliphatic rings. The molecule has 1 amide bonds. The van der Waals surface area contributed by atoms with Gasteiger partial charge in [0.1, 0.15) is 12.7 Å². The highest BCUT2D eigenvalue weighted by atomic mass is 35.5. The number of carbonyl (C=O) groups is 1. The summed E-state index contributed by atoms with van der Waals surface area (Å²) < 4.78 is 5.97. The SMILES string of the molecule is CCC[C@@H](CO)N1C(=O)CO[C@@H](c2ccc(Cl)cc2)[C@H]1c1ccc(Cl)cc1. The van der Waals surface area contributed by atoms with Gasteiger partial charge in [0.05, 0.1) is 18.7 Å². The van der Waals surface area contributed by atoms with E-state index in [0.717, 1.165) is 24.0 Å². The number of hydrogen-bond acceptors (Lipinski definition) is 3. The summed E-state index contributed by atoms with van der Waals surface area (Å²) in [4.78, 5) is 14.6. The number of carbonyl (C=O) groups excluding carboxylic acids is 1. The van der Waals surface area contributed by atoms with E-state index in [9.17, 15) is 9.90 Å². The molecule has 27 heavy (non-hydrogen) atoms. The second kappa shape index (κ2) is 9.07. The summed E-state index contributed by atoms with van der Waals surface area (Å²) in [5, 5.41) is 11.2. The van der Waals surface area contributed by atoms with Crippen LogP contribution in [0.2, 0.25) is 10.0 Å². The van der Waals surface area contributed by atoms with Crippen molar-refractivity contribution in [3.8, 4) is 0 Å². The highest BCUT2D eigenvalue weighted by molar-refractivity contribution is 6.30. The molecule has 0 aliphatic carbocycles. The van der Waals surface area contributed by atoms with Gasteiger partial charge in [-0.3, -0.25) is 4.79 Å². The molecule has 1 saturated heterocycles. The van der Waals surface area contributed by atoms with Gasteiger partial charge in [0, 0.05) is 10.0 Å². The number of ether oxygens (including phenoxy) is 1. The van der Waals surface area contributed by atoms with Crippen molar-refractivity contribution in [1.82, 2.24) is 4.90 Å². The number of morpholine rings is 1. The third kappa shape index (κ3) is 4.46. The molecule has 0 saturated carbocycles. The van der Waals surface area contributed by atoms with E-state index in [1.54, 1.807) is 17.0 Å². The maximum atomic E-state index is 12.8. The molecule has 144 valence electrons. The van der Waals surface area contributed by atoms with E-state index >= 15 is 0 Å². The fourth-order valence-electron chi connectivity index (χ4n) is 3.64. The summed E-state index contributed by atoms with van der Waals surface area (Å²) in [5.74, 6) is -0.118. The van der Waals surface area contributed by atoms with Gasteiger partial charge in [-0.1, -0.05) is 60.8 Å². The zero-order valence-electron chi connectivity index (χ0n) is 15.1. The Balaban J connectivity index is 2.07. The summed E-state index contributed by atoms with van der Waals surface area (Å²) in [5.41, 5.74) is 1.85. The van der Waals surface area contributed by atoms with Crippen LogP contribution < -0.4 is 0 Å². The number of nitrogens with zero attached hydrogens (tertiary/aromatic N) is 1. The van der Waals surface area contributed by atoms with Crippen molar-refractivity contribution < 1.29 is 14.6 Å². The van der Waals surface area contributed by atoms with Gasteiger partial charge >= 0.3 is 0 Å². The predicted molar refractivity (Wildman–Crippen MR) is 107 cm³/mol. The van der Waals surface area contributed by atoms with Gasteiger partial charge in [-0.2, -0.15) is 0 Å². The second-order valence-electron chi connectivity index (χ2n) is 6.71. The molecular formula is C21H23Cl2NO3. The number of rotatable bonds is 6. The average molecular weight is 408 g/mol. The molecule has 1 fully saturated rings. The van der Waals surface area contributed by atoms with E-state index in [4.69, 9.17) is 27.9 Å². The van der Waals surface area contributed by atoms with Crippen LogP contribution in [0.25, 0.3) is 0 Å². The van der Waals surface area contributed by atoms with Gasteiger partial charge in [0.15, 0.2) is 0 Å². The molecule has 0 spiro atoms. The van der Waals surface area contributed by atoms with Gasteiger partial charge in [0.25, 0.3) is 0 Å². The normalized spacial score (nSPS) is 21.3. The highest BCUT2D eigenvalue weighted by Crippen LogP contribution is 2.42. The van der Waals surface area contributed by atoms with Crippen molar-refractivity contribution in [2.45, 2.75) is 38.0 Å². The lowest BCUT2D eigenvalue weighted by molar-refractivity contribution is -0.165. The second-order valence-corrected chi connectivity index (χ2v) is 7.58. The lowest BCUT2D eigenvalue weighted by Crippen LogP contribution is -2.52. The van der Waals surface area contributed by atoms with Gasteiger partial charge in [-0.15, -0.1) is 0 Å². The van der Waals surface area contributed by atoms with E-state index < -0.39 is 0 Å². The van der Waals surface area contributed by atoms with Gasteiger partial charge < -0.3 is 14.7 Å². The third-order valence-electron chi connectivity index (χ3n) is 4.90. The number of benzene rings is 2. The zero-order chi connectivity index (χ0) is 19.4. The molecule has 3 rings (SSSR count). The summed E-state index contributed by atoms with van der Waals surface area (Å²) in [6.07, 6.45) is 1.24. The summed E-state index contributed by atoms with van der Waals surface area (Å²) in [6, 6.07) is 14.3. The van der Waals surface area contributed by atoms with Crippen LogP contribution in [0.1, 0.15) is 43.0 Å². The maximum Gasteiger partial charge on any atom is 0.249 e. The number of aliphatic hydroxyl groups excluding tert-OH is 1. The first kappa shape index (κ1) is 20.2. The summed E-state index contributed by atoms with van der Waals surface area (Å²) in [6.45, 7) is 1.94. The Morgan fingerprint density at radius 2 is 1.63 bits per heavy atom. The van der Waals surface area contributed by atoms with Crippen molar-refractivity contribution in [1.29, 1.82) is 0 Å². The van der Waals surface area contributed by atoms with Crippen molar-refractivity contribution in [3.63, 3.8) is 0 Å². The largest absolute Gasteiger partial charge is 0.394 e. The molecule has 4 nitrogen and oxygen atoms in total. The van der Waals surface area contributed by atoms with E-state index in [0.29, 0.717) is 10.0 Å². The molecule has 0 radical (unpaired) electrons. The molecule has 6 heteroatoms. The Bertz CT molecular complexity index is 764. The minimum Gasteiger partial charge on any atom is -0.394 e. The van der Waals surface area contributed by atoms with Crippen LogP contribution >= 0.6 is 23.2 Å². The molecule has 1 aliphatic heterocycles. The molecule has 1 N–H and O–H groups in total. The van der Waals surface area contributed by atoms with Gasteiger partial charge in [0.2, 0.25) is 5.91 Å². The van der Waals surface area contributed by atoms with Gasteiger partial charge in [-0.05, 0) is 41.8 Å². The Kier molecular flexibility index (Phi) is 6.77. The zero-order valence-corrected chi connectivity index (χ0v) is 16.7. The van der Waals surface area contributed by atoms with E-state index in [2.05, 4.69) is 0 Å². The average Bonchev–Trinajstić information content (AvgIpc) is 2.68. The maximum absolute atomic E-state index is 12.8. The van der Waals surface area contributed by atoms with Gasteiger partial charge in [-0.25, -0.2) is 0 Å². The van der Waals surface area contributed by atoms with Crippen molar-refractivity contribution in [2.75, 3.05) is 13.2 Å². The van der Waals surface area contributed by atoms with E-state index in [-0.39, 0.29) is 37.3 Å². The van der Waals surface area contributed by atoms with Crippen LogP contribution in [0, 0.1) is 0 Å². The lowest BCUT2D eigenvalue weighted by atomic mass is 9.91. The summed E-state index contributed by atoms with van der Waals surface area (Å²) >= 11 is 12.1. The predicted octanol–water partition coefficient (Wildman–Crippen LogP) is 4.80. The quantitative estimate of drug-likeness (QED) is 0.748. The number of amides is 1. The fraction of sp³-hybridized carbons (Fsp3) is 0.381. The van der Waals surface area contributed by atoms with E-state index in [1.165, 1.54) is 0 Å². The minimum absolute atomic E-state index is 0.0163. The molecule has 0 bridgehead atoms. The number of halogens is 2. The molecule has 0 aromatic heterocycles. The topological polar surface area (TPSA) is 49.8 Å². The van der Waals surface area contributed by atoms with Crippen LogP contribution in [0.3, 0.4) is 0 Å². The van der Waals surface area contributed by atoms with Crippen LogP contribution in [-0.2, 0) is 9.53 Å². The Labute approximate surface area is 169 Å². The highest BCUT2D eigenvalue weighted by Gasteiger charge is 2.41. The first-order valence-electron chi connectivity index (χ1n) is 9.09. The van der Waals surface area contributed by atoms with Crippen molar-refractivity contribution in [3.05, 3.63) is 69.7 Å². The molecule has 3 atom stereocenters. The number of aliphatic hydroxyl groups is 1. The lowest BCUT2D eigenvalue weighted by Gasteiger charge is -2.45. The summed E-state index contributed by atoms with van der Waals surface area (Å²) in [7, 11) is 0. The van der Waals surface area contributed by atoms with Crippen LogP contribution in [0.4, 0.5) is 0 Å². The van der Waals surface area contributed by atoms with Crippen molar-refractivity contribution in [2.24, 2.45) is 0 Å². The number of hydrogen-bond donors (Lipinski definition) is 1. The standard InChI is InChI=1S/C21H23Cl2NO3/c1-2-3-18(12-25)24-19(26)13-27-21(15-6-10-17(23)11-7-15)20(24)14-4-8-16(22)9-5-14/h4-11,18,20-21,25H,2-3,12-13H2,1H3/t18-,20+,21-/m0/s1. The Hall–Kier alpha value is -1.59. The minimum atomic E-state index is -0.355. The monoisotopic (exact) mass is 407 g/mol. The molecule has 1 heterocycles. The molecule has 2 aromatic rings. The fourth-order valence-corrected chi connectivity index (χ4v) is 3.89. The molecule has 2 aromatic carbocycles. The first-order valence-corrected chi connectivity index (χ1v) is 9.85. The first-order chi connectivity index (χ1) is 13.0. The molecule has 0 unspecified atom stereocenters. The smallest absolute Gasteiger partial charge is 0.249 e. The van der Waals surface area contributed by atoms with E-state index in [1.807, 2.05) is 43.3 Å².